The Morgan fingerprint density at radius 3 is 2.70 bits per heavy atom. The number of nitrogens with zero attached hydrogens (tertiary/aromatic N) is 2. The van der Waals surface area contributed by atoms with Crippen molar-refractivity contribution < 1.29 is 4.79 Å². The van der Waals surface area contributed by atoms with Gasteiger partial charge in [0.25, 0.3) is 5.91 Å². The zero-order valence-corrected chi connectivity index (χ0v) is 12.7. The van der Waals surface area contributed by atoms with Crippen LogP contribution in [0.15, 0.2) is 18.3 Å². The molecule has 4 nitrogen and oxygen atoms in total. The van der Waals surface area contributed by atoms with Gasteiger partial charge in [-0.2, -0.15) is 0 Å². The molecule has 0 spiro atoms. The molecule has 1 aliphatic carbocycles. The smallest absolute Gasteiger partial charge is 0.272 e. The van der Waals surface area contributed by atoms with E-state index in [0.717, 1.165) is 11.6 Å². The van der Waals surface area contributed by atoms with Gasteiger partial charge >= 0.3 is 0 Å². The molecular weight excluding hydrogens is 250 g/mol. The number of rotatable bonds is 6. The molecule has 1 aromatic heterocycles. The van der Waals surface area contributed by atoms with Gasteiger partial charge in [0.05, 0.1) is 0 Å². The second-order valence-corrected chi connectivity index (χ2v) is 5.53. The Labute approximate surface area is 121 Å². The minimum atomic E-state index is 0.00921. The number of hydrogen-bond donors (Lipinski definition) is 1. The minimum absolute atomic E-state index is 0.00921. The summed E-state index contributed by atoms with van der Waals surface area (Å²) in [5.41, 5.74) is 1.52. The highest BCUT2D eigenvalue weighted by molar-refractivity contribution is 5.93. The Kier molecular flexibility index (Phi) is 4.99. The van der Waals surface area contributed by atoms with E-state index in [9.17, 15) is 4.79 Å². The van der Waals surface area contributed by atoms with Crippen LogP contribution in [0.5, 0.6) is 0 Å². The molecule has 2 rings (SSSR count). The SMILES string of the molecule is CCN(CC)C(=O)c1cc(NC(C)C2CCC2)ccn1. The third kappa shape index (κ3) is 3.30. The summed E-state index contributed by atoms with van der Waals surface area (Å²) in [5, 5.41) is 3.50. The van der Waals surface area contributed by atoms with Crippen molar-refractivity contribution in [3.05, 3.63) is 24.0 Å². The van der Waals surface area contributed by atoms with Gasteiger partial charge in [0, 0.05) is 31.0 Å². The largest absolute Gasteiger partial charge is 0.382 e. The number of carbonyl (C=O) groups excluding carboxylic acids is 1. The fraction of sp³-hybridized carbons (Fsp3) is 0.625. The lowest BCUT2D eigenvalue weighted by molar-refractivity contribution is 0.0767. The predicted octanol–water partition coefficient (Wildman–Crippen LogP) is 3.16. The molecule has 0 saturated heterocycles. The van der Waals surface area contributed by atoms with Crippen LogP contribution in [0.2, 0.25) is 0 Å². The Bertz CT molecular complexity index is 453. The minimum Gasteiger partial charge on any atom is -0.382 e. The molecule has 1 N–H and O–H groups in total. The molecule has 0 bridgehead atoms. The van der Waals surface area contributed by atoms with Crippen LogP contribution in [0.4, 0.5) is 5.69 Å². The van der Waals surface area contributed by atoms with Gasteiger partial charge in [-0.1, -0.05) is 6.42 Å². The van der Waals surface area contributed by atoms with E-state index in [0.29, 0.717) is 24.8 Å². The maximum absolute atomic E-state index is 12.3. The van der Waals surface area contributed by atoms with E-state index in [1.807, 2.05) is 26.0 Å². The fourth-order valence-corrected chi connectivity index (χ4v) is 2.63. The lowest BCUT2D eigenvalue weighted by Gasteiger charge is -2.32. The van der Waals surface area contributed by atoms with E-state index < -0.39 is 0 Å². The first-order valence-corrected chi connectivity index (χ1v) is 7.67. The van der Waals surface area contributed by atoms with Crippen molar-refractivity contribution in [1.82, 2.24) is 9.88 Å². The van der Waals surface area contributed by atoms with Crippen molar-refractivity contribution in [3.63, 3.8) is 0 Å². The molecular formula is C16H25N3O. The first kappa shape index (κ1) is 14.8. The molecule has 1 amide bonds. The van der Waals surface area contributed by atoms with E-state index >= 15 is 0 Å². The van der Waals surface area contributed by atoms with Crippen molar-refractivity contribution in [2.45, 2.75) is 46.1 Å². The molecule has 1 fully saturated rings. The van der Waals surface area contributed by atoms with Crippen LogP contribution in [-0.2, 0) is 0 Å². The predicted molar refractivity (Wildman–Crippen MR) is 81.9 cm³/mol. The number of anilines is 1. The molecule has 110 valence electrons. The van der Waals surface area contributed by atoms with E-state index in [1.54, 1.807) is 11.1 Å². The van der Waals surface area contributed by atoms with Gasteiger partial charge in [0.15, 0.2) is 0 Å². The molecule has 4 heteroatoms. The van der Waals surface area contributed by atoms with E-state index in [4.69, 9.17) is 0 Å². The maximum atomic E-state index is 12.3. The first-order valence-electron chi connectivity index (χ1n) is 7.67. The standard InChI is InChI=1S/C16H25N3O/c1-4-19(5-2)16(20)15-11-14(9-10-17-15)18-12(3)13-7-6-8-13/h9-13H,4-8H2,1-3H3,(H,17,18). The molecule has 0 radical (unpaired) electrons. The van der Waals surface area contributed by atoms with Gasteiger partial charge in [-0.05, 0) is 51.7 Å². The molecule has 1 aromatic rings. The molecule has 0 aromatic carbocycles. The highest BCUT2D eigenvalue weighted by Gasteiger charge is 2.24. The maximum Gasteiger partial charge on any atom is 0.272 e. The number of nitrogens with one attached hydrogen (secondary N) is 1. The molecule has 1 heterocycles. The Morgan fingerprint density at radius 2 is 2.15 bits per heavy atom. The summed E-state index contributed by atoms with van der Waals surface area (Å²) >= 11 is 0. The second kappa shape index (κ2) is 6.73. The third-order valence-electron chi connectivity index (χ3n) is 4.28. The summed E-state index contributed by atoms with van der Waals surface area (Å²) in [7, 11) is 0. The third-order valence-corrected chi connectivity index (χ3v) is 4.28. The van der Waals surface area contributed by atoms with Crippen molar-refractivity contribution >= 4 is 11.6 Å². The van der Waals surface area contributed by atoms with Gasteiger partial charge in [-0.3, -0.25) is 9.78 Å². The Morgan fingerprint density at radius 1 is 1.45 bits per heavy atom. The number of pyridine rings is 1. The van der Waals surface area contributed by atoms with Crippen LogP contribution in [0.25, 0.3) is 0 Å². The molecule has 20 heavy (non-hydrogen) atoms. The topological polar surface area (TPSA) is 45.2 Å². The van der Waals surface area contributed by atoms with E-state index in [1.165, 1.54) is 19.3 Å². The average molecular weight is 275 g/mol. The summed E-state index contributed by atoms with van der Waals surface area (Å²) in [6.45, 7) is 7.63. The van der Waals surface area contributed by atoms with Crippen LogP contribution in [0.1, 0.15) is 50.5 Å². The van der Waals surface area contributed by atoms with Gasteiger partial charge in [0.1, 0.15) is 5.69 Å². The number of hydrogen-bond acceptors (Lipinski definition) is 3. The van der Waals surface area contributed by atoms with Gasteiger partial charge in [-0.15, -0.1) is 0 Å². The van der Waals surface area contributed by atoms with E-state index in [2.05, 4.69) is 17.2 Å². The Balaban J connectivity index is 2.05. The van der Waals surface area contributed by atoms with Crippen molar-refractivity contribution in [2.75, 3.05) is 18.4 Å². The van der Waals surface area contributed by atoms with Crippen LogP contribution in [0.3, 0.4) is 0 Å². The van der Waals surface area contributed by atoms with Crippen LogP contribution < -0.4 is 5.32 Å². The monoisotopic (exact) mass is 275 g/mol. The highest BCUT2D eigenvalue weighted by atomic mass is 16.2. The lowest BCUT2D eigenvalue weighted by atomic mass is 9.80. The summed E-state index contributed by atoms with van der Waals surface area (Å²) in [6, 6.07) is 4.27. The van der Waals surface area contributed by atoms with Crippen LogP contribution in [0, 0.1) is 5.92 Å². The van der Waals surface area contributed by atoms with Gasteiger partial charge in [0.2, 0.25) is 0 Å². The molecule has 1 aliphatic rings. The zero-order chi connectivity index (χ0) is 14.5. The molecule has 1 atom stereocenters. The van der Waals surface area contributed by atoms with Crippen molar-refractivity contribution in [3.8, 4) is 0 Å². The molecule has 1 unspecified atom stereocenters. The summed E-state index contributed by atoms with van der Waals surface area (Å²) in [6.07, 6.45) is 5.68. The second-order valence-electron chi connectivity index (χ2n) is 5.53. The summed E-state index contributed by atoms with van der Waals surface area (Å²) in [4.78, 5) is 18.3. The van der Waals surface area contributed by atoms with Crippen molar-refractivity contribution in [2.24, 2.45) is 5.92 Å². The first-order chi connectivity index (χ1) is 9.65. The normalized spacial score (nSPS) is 16.4. The highest BCUT2D eigenvalue weighted by Crippen LogP contribution is 2.31. The fourth-order valence-electron chi connectivity index (χ4n) is 2.63. The van der Waals surface area contributed by atoms with Crippen LogP contribution in [-0.4, -0.2) is 34.9 Å². The summed E-state index contributed by atoms with van der Waals surface area (Å²) in [5.74, 6) is 0.778. The van der Waals surface area contributed by atoms with Gasteiger partial charge < -0.3 is 10.2 Å². The number of aromatic nitrogens is 1. The number of carbonyl (C=O) groups is 1. The van der Waals surface area contributed by atoms with Crippen molar-refractivity contribution in [1.29, 1.82) is 0 Å². The average Bonchev–Trinajstić information content (AvgIpc) is 2.38. The zero-order valence-electron chi connectivity index (χ0n) is 12.7. The lowest BCUT2D eigenvalue weighted by Crippen LogP contribution is -2.32. The molecule has 0 aliphatic heterocycles. The summed E-state index contributed by atoms with van der Waals surface area (Å²) < 4.78 is 0. The quantitative estimate of drug-likeness (QED) is 0.867. The Hall–Kier alpha value is -1.58. The van der Waals surface area contributed by atoms with Gasteiger partial charge in [-0.25, -0.2) is 0 Å². The number of amides is 1. The van der Waals surface area contributed by atoms with E-state index in [-0.39, 0.29) is 5.91 Å². The van der Waals surface area contributed by atoms with Crippen LogP contribution >= 0.6 is 0 Å². The molecule has 1 saturated carbocycles.